The van der Waals surface area contributed by atoms with E-state index in [0.29, 0.717) is 24.0 Å². The van der Waals surface area contributed by atoms with Crippen LogP contribution in [-0.2, 0) is 15.3 Å². The zero-order valence-electron chi connectivity index (χ0n) is 8.20. The summed E-state index contributed by atoms with van der Waals surface area (Å²) >= 11 is 5.67. The van der Waals surface area contributed by atoms with Crippen LogP contribution < -0.4 is 0 Å². The fourth-order valence-electron chi connectivity index (χ4n) is 1.53. The predicted octanol–water partition coefficient (Wildman–Crippen LogP) is 2.43. The molecule has 0 bridgehead atoms. The van der Waals surface area contributed by atoms with Crippen LogP contribution in [0.2, 0.25) is 5.22 Å². The number of nitrogens with zero attached hydrogens (tertiary/aromatic N) is 1. The first-order valence-corrected chi connectivity index (χ1v) is 4.96. The number of nitriles is 1. The maximum absolute atomic E-state index is 8.54. The number of halogens is 1. The molecule has 1 aromatic rings. The van der Waals surface area contributed by atoms with E-state index in [1.54, 1.807) is 19.1 Å². The second-order valence-corrected chi connectivity index (χ2v) is 3.84. The Labute approximate surface area is 92.3 Å². The Morgan fingerprint density at radius 3 is 3.07 bits per heavy atom. The molecule has 1 fully saturated rings. The molecule has 0 amide bonds. The first kappa shape index (κ1) is 10.5. The number of hydrogen-bond acceptors (Lipinski definition) is 4. The zero-order valence-corrected chi connectivity index (χ0v) is 8.95. The molecule has 0 N–H and O–H groups in total. The van der Waals surface area contributed by atoms with Gasteiger partial charge in [0.2, 0.25) is 5.79 Å². The minimum absolute atomic E-state index is 0.205. The zero-order chi connectivity index (χ0) is 10.9. The largest absolute Gasteiger partial charge is 0.444 e. The van der Waals surface area contributed by atoms with Crippen molar-refractivity contribution in [1.82, 2.24) is 0 Å². The molecule has 1 saturated heterocycles. The number of hydrogen-bond donors (Lipinski definition) is 0. The summed E-state index contributed by atoms with van der Waals surface area (Å²) in [7, 11) is 0. The van der Waals surface area contributed by atoms with E-state index in [2.05, 4.69) is 0 Å². The Morgan fingerprint density at radius 1 is 1.67 bits per heavy atom. The van der Waals surface area contributed by atoms with Gasteiger partial charge < -0.3 is 13.9 Å². The predicted molar refractivity (Wildman–Crippen MR) is 52.1 cm³/mol. The number of rotatable bonds is 2. The fraction of sp³-hybridized carbons (Fsp3) is 0.500. The van der Waals surface area contributed by atoms with Crippen LogP contribution in [-0.4, -0.2) is 12.7 Å². The third-order valence-corrected chi connectivity index (χ3v) is 2.48. The number of furan rings is 1. The molecule has 0 saturated carbocycles. The summed E-state index contributed by atoms with van der Waals surface area (Å²) in [5.41, 5.74) is 0. The Bertz CT molecular complexity index is 398. The van der Waals surface area contributed by atoms with Gasteiger partial charge in [-0.05, 0) is 30.7 Å². The summed E-state index contributed by atoms with van der Waals surface area (Å²) in [5.74, 6) is -0.401. The Kier molecular flexibility index (Phi) is 2.70. The smallest absolute Gasteiger partial charge is 0.225 e. The van der Waals surface area contributed by atoms with Gasteiger partial charge in [0, 0.05) is 0 Å². The minimum atomic E-state index is -0.922. The van der Waals surface area contributed by atoms with Crippen LogP contribution in [0.1, 0.15) is 19.1 Å². The summed E-state index contributed by atoms with van der Waals surface area (Å²) in [5, 5.41) is 8.84. The summed E-state index contributed by atoms with van der Waals surface area (Å²) in [4.78, 5) is 0. The number of ether oxygens (including phenoxy) is 2. The molecule has 80 valence electrons. The fourth-order valence-corrected chi connectivity index (χ4v) is 1.67. The highest BCUT2D eigenvalue weighted by Crippen LogP contribution is 2.36. The van der Waals surface area contributed by atoms with Gasteiger partial charge in [0.05, 0.1) is 25.2 Å². The van der Waals surface area contributed by atoms with Crippen LogP contribution in [0, 0.1) is 11.3 Å². The summed E-state index contributed by atoms with van der Waals surface area (Å²) in [6, 6.07) is 5.38. The SMILES string of the molecule is CC1(c2ccc(Cl)o2)OCC(CC#N)O1. The standard InChI is InChI=1S/C10H10ClNO3/c1-10(8-2-3-9(11)14-8)13-6-7(15-10)4-5-12/h2-3,7H,4,6H2,1H3. The molecule has 1 aromatic heterocycles. The van der Waals surface area contributed by atoms with E-state index >= 15 is 0 Å². The second kappa shape index (κ2) is 3.86. The molecule has 0 radical (unpaired) electrons. The van der Waals surface area contributed by atoms with Crippen molar-refractivity contribution in [3.05, 3.63) is 23.1 Å². The third kappa shape index (κ3) is 2.00. The van der Waals surface area contributed by atoms with Gasteiger partial charge in [-0.1, -0.05) is 0 Å². The van der Waals surface area contributed by atoms with Crippen LogP contribution in [0.3, 0.4) is 0 Å². The van der Waals surface area contributed by atoms with Crippen molar-refractivity contribution in [2.75, 3.05) is 6.61 Å². The molecule has 0 spiro atoms. The van der Waals surface area contributed by atoms with Crippen molar-refractivity contribution in [3.63, 3.8) is 0 Å². The van der Waals surface area contributed by atoms with E-state index in [1.807, 2.05) is 6.07 Å². The van der Waals surface area contributed by atoms with E-state index in [-0.39, 0.29) is 6.10 Å². The molecule has 5 heteroatoms. The Morgan fingerprint density at radius 2 is 2.47 bits per heavy atom. The van der Waals surface area contributed by atoms with Gasteiger partial charge in [-0.3, -0.25) is 0 Å². The molecule has 0 aromatic carbocycles. The van der Waals surface area contributed by atoms with Crippen molar-refractivity contribution >= 4 is 11.6 Å². The monoisotopic (exact) mass is 227 g/mol. The maximum Gasteiger partial charge on any atom is 0.225 e. The summed E-state index contributed by atoms with van der Waals surface area (Å²) < 4.78 is 16.3. The molecular formula is C10H10ClNO3. The van der Waals surface area contributed by atoms with Crippen LogP contribution in [0.4, 0.5) is 0 Å². The maximum atomic E-state index is 8.54. The van der Waals surface area contributed by atoms with Gasteiger partial charge in [0.25, 0.3) is 0 Å². The topological polar surface area (TPSA) is 55.4 Å². The second-order valence-electron chi connectivity index (χ2n) is 3.46. The van der Waals surface area contributed by atoms with Crippen LogP contribution in [0.5, 0.6) is 0 Å². The van der Waals surface area contributed by atoms with Crippen molar-refractivity contribution < 1.29 is 13.9 Å². The lowest BCUT2D eigenvalue weighted by Crippen LogP contribution is -2.23. The van der Waals surface area contributed by atoms with Gasteiger partial charge >= 0.3 is 0 Å². The minimum Gasteiger partial charge on any atom is -0.444 e. The molecular weight excluding hydrogens is 218 g/mol. The molecule has 15 heavy (non-hydrogen) atoms. The van der Waals surface area contributed by atoms with Gasteiger partial charge in [0.15, 0.2) is 11.0 Å². The Balaban J connectivity index is 2.13. The Hall–Kier alpha value is -1.02. The molecule has 1 aliphatic rings. The third-order valence-electron chi connectivity index (χ3n) is 2.28. The van der Waals surface area contributed by atoms with Crippen molar-refractivity contribution in [2.24, 2.45) is 0 Å². The van der Waals surface area contributed by atoms with Crippen molar-refractivity contribution in [2.45, 2.75) is 25.2 Å². The van der Waals surface area contributed by atoms with E-state index in [0.717, 1.165) is 0 Å². The molecule has 2 unspecified atom stereocenters. The van der Waals surface area contributed by atoms with E-state index in [4.69, 9.17) is 30.8 Å². The van der Waals surface area contributed by atoms with Crippen molar-refractivity contribution in [3.8, 4) is 6.07 Å². The molecule has 4 nitrogen and oxygen atoms in total. The first-order chi connectivity index (χ1) is 7.14. The van der Waals surface area contributed by atoms with Crippen LogP contribution in [0.25, 0.3) is 0 Å². The van der Waals surface area contributed by atoms with Crippen molar-refractivity contribution in [1.29, 1.82) is 5.26 Å². The van der Waals surface area contributed by atoms with E-state index in [1.165, 1.54) is 0 Å². The quantitative estimate of drug-likeness (QED) is 0.779. The molecule has 1 aliphatic heterocycles. The average molecular weight is 228 g/mol. The lowest BCUT2D eigenvalue weighted by atomic mass is 10.2. The van der Waals surface area contributed by atoms with E-state index in [9.17, 15) is 0 Å². The van der Waals surface area contributed by atoms with Gasteiger partial charge in [0.1, 0.15) is 0 Å². The molecule has 2 rings (SSSR count). The summed E-state index contributed by atoms with van der Waals surface area (Å²) in [6.07, 6.45) is 0.105. The first-order valence-electron chi connectivity index (χ1n) is 4.58. The highest BCUT2D eigenvalue weighted by molar-refractivity contribution is 6.28. The van der Waals surface area contributed by atoms with Crippen LogP contribution in [0.15, 0.2) is 16.5 Å². The highest BCUT2D eigenvalue weighted by atomic mass is 35.5. The normalized spacial score (nSPS) is 30.3. The summed E-state index contributed by atoms with van der Waals surface area (Å²) in [6.45, 7) is 2.14. The average Bonchev–Trinajstić information content (AvgIpc) is 2.75. The molecule has 2 atom stereocenters. The van der Waals surface area contributed by atoms with Gasteiger partial charge in [-0.2, -0.15) is 5.26 Å². The lowest BCUT2D eigenvalue weighted by molar-refractivity contribution is -0.173. The van der Waals surface area contributed by atoms with Gasteiger partial charge in [-0.15, -0.1) is 0 Å². The van der Waals surface area contributed by atoms with Crippen LogP contribution >= 0.6 is 11.6 Å². The highest BCUT2D eigenvalue weighted by Gasteiger charge is 2.41. The van der Waals surface area contributed by atoms with Gasteiger partial charge in [-0.25, -0.2) is 0 Å². The lowest BCUT2D eigenvalue weighted by Gasteiger charge is -2.19. The molecule has 2 heterocycles. The molecule has 0 aliphatic carbocycles. The van der Waals surface area contributed by atoms with E-state index < -0.39 is 5.79 Å².